The van der Waals surface area contributed by atoms with E-state index in [-0.39, 0.29) is 10.6 Å². The number of anilines is 1. The Morgan fingerprint density at radius 3 is 2.36 bits per heavy atom. The van der Waals surface area contributed by atoms with Gasteiger partial charge in [-0.2, -0.15) is 13.2 Å². The first kappa shape index (κ1) is 20.2. The molecule has 0 unspecified atom stereocenters. The summed E-state index contributed by atoms with van der Waals surface area (Å²) < 4.78 is 66.1. The summed E-state index contributed by atoms with van der Waals surface area (Å²) >= 11 is 6.23. The molecule has 0 aliphatic rings. The number of nitrogens with zero attached hydrogens (tertiary/aromatic N) is 3. The molecular weight excluding hydrogens is 441 g/mol. The number of amides is 1. The number of hydrogen-bond donors (Lipinski definition) is 1. The zero-order valence-electron chi connectivity index (χ0n) is 13.4. The van der Waals surface area contributed by atoms with E-state index in [1.54, 1.807) is 0 Å². The standard InChI is InChI=1S/C15H8ClF3N4O3S2/c16-8-1-4-10(5-2-8)28(25,26)14-12(22-23-27-14)13(24)21-9-3-6-11(20-7-9)15(17,18)19/h1-7H,(H,21,24). The number of sulfone groups is 1. The summed E-state index contributed by atoms with van der Waals surface area (Å²) in [5.74, 6) is -0.956. The molecule has 0 bridgehead atoms. The molecule has 2 heterocycles. The van der Waals surface area contributed by atoms with Crippen LogP contribution in [0.1, 0.15) is 16.2 Å². The second-order valence-corrected chi connectivity index (χ2v) is 8.59. The molecule has 0 aliphatic carbocycles. The lowest BCUT2D eigenvalue weighted by Crippen LogP contribution is -2.17. The molecule has 1 amide bonds. The van der Waals surface area contributed by atoms with E-state index in [2.05, 4.69) is 19.9 Å². The Bertz CT molecular complexity index is 1110. The number of benzene rings is 1. The lowest BCUT2D eigenvalue weighted by molar-refractivity contribution is -0.141. The van der Waals surface area contributed by atoms with Gasteiger partial charge in [0.1, 0.15) is 5.69 Å². The Labute approximate surface area is 165 Å². The predicted molar refractivity (Wildman–Crippen MR) is 94.0 cm³/mol. The first-order valence-corrected chi connectivity index (χ1v) is 9.90. The van der Waals surface area contributed by atoms with Gasteiger partial charge in [-0.05, 0) is 36.4 Å². The second-order valence-electron chi connectivity index (χ2n) is 5.25. The first-order chi connectivity index (χ1) is 13.1. The zero-order chi connectivity index (χ0) is 20.5. The summed E-state index contributed by atoms with van der Waals surface area (Å²) in [6.07, 6.45) is -3.82. The second kappa shape index (κ2) is 7.45. The van der Waals surface area contributed by atoms with Crippen LogP contribution >= 0.6 is 23.1 Å². The Morgan fingerprint density at radius 2 is 1.79 bits per heavy atom. The lowest BCUT2D eigenvalue weighted by Gasteiger charge is -2.08. The highest BCUT2D eigenvalue weighted by atomic mass is 35.5. The maximum atomic E-state index is 12.7. The van der Waals surface area contributed by atoms with Crippen LogP contribution in [0.5, 0.6) is 0 Å². The van der Waals surface area contributed by atoms with E-state index >= 15 is 0 Å². The van der Waals surface area contributed by atoms with Crippen molar-refractivity contribution >= 4 is 44.6 Å². The Morgan fingerprint density at radius 1 is 1.11 bits per heavy atom. The maximum Gasteiger partial charge on any atom is 0.433 e. The third-order valence-electron chi connectivity index (χ3n) is 3.35. The van der Waals surface area contributed by atoms with E-state index < -0.39 is 37.5 Å². The van der Waals surface area contributed by atoms with Crippen molar-refractivity contribution < 1.29 is 26.4 Å². The molecule has 0 saturated heterocycles. The number of halogens is 4. The number of rotatable bonds is 4. The van der Waals surface area contributed by atoms with Gasteiger partial charge in [-0.15, -0.1) is 5.10 Å². The van der Waals surface area contributed by atoms with Gasteiger partial charge in [0.25, 0.3) is 5.91 Å². The fourth-order valence-electron chi connectivity index (χ4n) is 2.04. The maximum absolute atomic E-state index is 12.7. The Kier molecular flexibility index (Phi) is 5.37. The minimum atomic E-state index is -4.62. The largest absolute Gasteiger partial charge is 0.433 e. The van der Waals surface area contributed by atoms with Gasteiger partial charge in [-0.1, -0.05) is 16.1 Å². The van der Waals surface area contributed by atoms with Crippen LogP contribution in [0.4, 0.5) is 18.9 Å². The number of carbonyl (C=O) groups excluding carboxylic acids is 1. The molecule has 0 radical (unpaired) electrons. The van der Waals surface area contributed by atoms with Gasteiger partial charge in [-0.25, -0.2) is 13.4 Å². The number of hydrogen-bond acceptors (Lipinski definition) is 7. The zero-order valence-corrected chi connectivity index (χ0v) is 15.8. The highest BCUT2D eigenvalue weighted by Crippen LogP contribution is 2.29. The van der Waals surface area contributed by atoms with E-state index in [9.17, 15) is 26.4 Å². The van der Waals surface area contributed by atoms with Gasteiger partial charge in [0.05, 0.1) is 16.8 Å². The molecule has 28 heavy (non-hydrogen) atoms. The van der Waals surface area contributed by atoms with Gasteiger partial charge in [0.2, 0.25) is 9.84 Å². The van der Waals surface area contributed by atoms with Crippen LogP contribution in [0.3, 0.4) is 0 Å². The van der Waals surface area contributed by atoms with Gasteiger partial charge in [-0.3, -0.25) is 4.79 Å². The minimum absolute atomic E-state index is 0.0687. The molecular formula is C15H8ClF3N4O3S2. The van der Waals surface area contributed by atoms with Crippen molar-refractivity contribution in [2.45, 2.75) is 15.3 Å². The molecule has 0 saturated carbocycles. The molecule has 2 aromatic heterocycles. The molecule has 0 aliphatic heterocycles. The molecule has 0 atom stereocenters. The van der Waals surface area contributed by atoms with Crippen LogP contribution in [-0.4, -0.2) is 28.9 Å². The third kappa shape index (κ3) is 4.13. The van der Waals surface area contributed by atoms with Gasteiger partial charge < -0.3 is 5.32 Å². The fraction of sp³-hybridized carbons (Fsp3) is 0.0667. The van der Waals surface area contributed by atoms with Gasteiger partial charge in [0, 0.05) is 16.6 Å². The average molecular weight is 449 g/mol. The lowest BCUT2D eigenvalue weighted by atomic mass is 10.3. The molecule has 0 spiro atoms. The number of carbonyl (C=O) groups is 1. The first-order valence-electron chi connectivity index (χ1n) is 7.26. The van der Waals surface area contributed by atoms with Crippen LogP contribution in [0.15, 0.2) is 51.7 Å². The van der Waals surface area contributed by atoms with E-state index in [0.717, 1.165) is 12.3 Å². The van der Waals surface area contributed by atoms with Crippen LogP contribution in [-0.2, 0) is 16.0 Å². The summed E-state index contributed by atoms with van der Waals surface area (Å²) in [5, 5.41) is 6.10. The van der Waals surface area contributed by atoms with Crippen molar-refractivity contribution in [1.29, 1.82) is 0 Å². The molecule has 1 aromatic carbocycles. The summed E-state index contributed by atoms with van der Waals surface area (Å²) in [6, 6.07) is 6.94. The van der Waals surface area contributed by atoms with Crippen molar-refractivity contribution in [2.75, 3.05) is 5.32 Å². The summed E-state index contributed by atoms with van der Waals surface area (Å²) in [7, 11) is -4.10. The van der Waals surface area contributed by atoms with Crippen molar-refractivity contribution in [1.82, 2.24) is 14.6 Å². The SMILES string of the molecule is O=C(Nc1ccc(C(F)(F)F)nc1)c1nnsc1S(=O)(=O)c1ccc(Cl)cc1. The van der Waals surface area contributed by atoms with Crippen LogP contribution in [0.2, 0.25) is 5.02 Å². The summed E-state index contributed by atoms with van der Waals surface area (Å²) in [6.45, 7) is 0. The average Bonchev–Trinajstić information content (AvgIpc) is 3.12. The summed E-state index contributed by atoms with van der Waals surface area (Å²) in [5.41, 5.74) is -1.69. The van der Waals surface area contributed by atoms with E-state index in [0.29, 0.717) is 22.6 Å². The molecule has 146 valence electrons. The smallest absolute Gasteiger partial charge is 0.319 e. The van der Waals surface area contributed by atoms with E-state index in [1.165, 1.54) is 24.3 Å². The topological polar surface area (TPSA) is 102 Å². The van der Waals surface area contributed by atoms with E-state index in [4.69, 9.17) is 11.6 Å². The number of pyridine rings is 1. The molecule has 7 nitrogen and oxygen atoms in total. The molecule has 1 N–H and O–H groups in total. The third-order valence-corrected chi connectivity index (χ3v) is 6.58. The van der Waals surface area contributed by atoms with Crippen molar-refractivity contribution in [3.63, 3.8) is 0 Å². The number of aromatic nitrogens is 3. The molecule has 3 aromatic rings. The Hall–Kier alpha value is -2.57. The highest BCUT2D eigenvalue weighted by molar-refractivity contribution is 7.93. The van der Waals surface area contributed by atoms with Crippen molar-refractivity contribution in [2.24, 2.45) is 0 Å². The Balaban J connectivity index is 1.87. The van der Waals surface area contributed by atoms with Crippen LogP contribution in [0.25, 0.3) is 0 Å². The van der Waals surface area contributed by atoms with Gasteiger partial charge >= 0.3 is 6.18 Å². The molecule has 13 heteroatoms. The van der Waals surface area contributed by atoms with Crippen molar-refractivity contribution in [3.05, 3.63) is 59.0 Å². The molecule has 0 fully saturated rings. The quantitative estimate of drug-likeness (QED) is 0.653. The highest BCUT2D eigenvalue weighted by Gasteiger charge is 2.32. The number of nitrogens with one attached hydrogen (secondary N) is 1. The minimum Gasteiger partial charge on any atom is -0.319 e. The molecule has 3 rings (SSSR count). The van der Waals surface area contributed by atoms with Crippen LogP contribution in [0, 0.1) is 0 Å². The normalized spacial score (nSPS) is 12.0. The van der Waals surface area contributed by atoms with Gasteiger partial charge in [0.15, 0.2) is 9.90 Å². The number of alkyl halides is 3. The van der Waals surface area contributed by atoms with Crippen molar-refractivity contribution in [3.8, 4) is 0 Å². The van der Waals surface area contributed by atoms with Crippen LogP contribution < -0.4 is 5.32 Å². The predicted octanol–water partition coefficient (Wildman–Crippen LogP) is 3.69. The fourth-order valence-corrected chi connectivity index (χ4v) is 4.46. The summed E-state index contributed by atoms with van der Waals surface area (Å²) in [4.78, 5) is 15.5. The monoisotopic (exact) mass is 448 g/mol. The van der Waals surface area contributed by atoms with E-state index in [1.807, 2.05) is 0 Å².